The van der Waals surface area contributed by atoms with Crippen LogP contribution in [-0.2, 0) is 5.88 Å². The molecule has 0 radical (unpaired) electrons. The van der Waals surface area contributed by atoms with Crippen LogP contribution >= 0.6 is 23.4 Å². The van der Waals surface area contributed by atoms with E-state index >= 15 is 0 Å². The highest BCUT2D eigenvalue weighted by atomic mass is 35.5. The Morgan fingerprint density at radius 1 is 1.53 bits per heavy atom. The zero-order chi connectivity index (χ0) is 11.1. The lowest BCUT2D eigenvalue weighted by molar-refractivity contribution is 0.518. The second-order valence-corrected chi connectivity index (χ2v) is 4.83. The Labute approximate surface area is 99.2 Å². The molecule has 0 fully saturated rings. The molecule has 4 nitrogen and oxygen atoms in total. The maximum Gasteiger partial charge on any atom is 0.315 e. The summed E-state index contributed by atoms with van der Waals surface area (Å²) in [4.78, 5) is 0. The molecule has 0 amide bonds. The van der Waals surface area contributed by atoms with Gasteiger partial charge in [0.15, 0.2) is 0 Å². The van der Waals surface area contributed by atoms with E-state index in [1.54, 1.807) is 0 Å². The van der Waals surface area contributed by atoms with Gasteiger partial charge in [-0.05, 0) is 24.9 Å². The maximum absolute atomic E-state index is 5.55. The largest absolute Gasteiger partial charge is 0.407 e. The van der Waals surface area contributed by atoms with Crippen molar-refractivity contribution in [3.63, 3.8) is 0 Å². The monoisotopic (exact) mass is 249 g/mol. The molecule has 0 aliphatic rings. The second kappa shape index (κ2) is 6.95. The van der Waals surface area contributed by atoms with Crippen molar-refractivity contribution >= 4 is 29.4 Å². The minimum absolute atomic E-state index is 0.259. The van der Waals surface area contributed by atoms with E-state index in [-0.39, 0.29) is 5.88 Å². The number of anilines is 1. The zero-order valence-electron chi connectivity index (χ0n) is 8.99. The average Bonchev–Trinajstić information content (AvgIpc) is 2.66. The summed E-state index contributed by atoms with van der Waals surface area (Å²) in [6.45, 7) is 4.26. The number of thioether (sulfide) groups is 1. The van der Waals surface area contributed by atoms with Gasteiger partial charge in [0.2, 0.25) is 5.89 Å². The minimum atomic E-state index is 0.259. The highest BCUT2D eigenvalue weighted by Crippen LogP contribution is 2.11. The number of halogens is 1. The van der Waals surface area contributed by atoms with Gasteiger partial charge in [-0.3, -0.25) is 0 Å². The van der Waals surface area contributed by atoms with Gasteiger partial charge in [-0.2, -0.15) is 11.8 Å². The number of nitrogens with one attached hydrogen (secondary N) is 1. The smallest absolute Gasteiger partial charge is 0.315 e. The Balaban J connectivity index is 2.27. The fourth-order valence-corrected chi connectivity index (χ4v) is 1.97. The van der Waals surface area contributed by atoms with Crippen molar-refractivity contribution in [1.82, 2.24) is 10.2 Å². The number of aromatic nitrogens is 2. The highest BCUT2D eigenvalue weighted by Gasteiger charge is 2.07. The minimum Gasteiger partial charge on any atom is -0.407 e. The van der Waals surface area contributed by atoms with Gasteiger partial charge in [0.05, 0.1) is 0 Å². The van der Waals surface area contributed by atoms with Crippen LogP contribution in [0.3, 0.4) is 0 Å². The molecule has 0 spiro atoms. The highest BCUT2D eigenvalue weighted by molar-refractivity contribution is 7.99. The van der Waals surface area contributed by atoms with Crippen molar-refractivity contribution in [2.45, 2.75) is 32.2 Å². The Morgan fingerprint density at radius 3 is 2.93 bits per heavy atom. The van der Waals surface area contributed by atoms with Gasteiger partial charge in [-0.15, -0.1) is 16.7 Å². The summed E-state index contributed by atoms with van der Waals surface area (Å²) in [6.07, 6.45) is 1.08. The van der Waals surface area contributed by atoms with Gasteiger partial charge in [-0.1, -0.05) is 12.0 Å². The van der Waals surface area contributed by atoms with E-state index in [0.717, 1.165) is 17.9 Å². The number of rotatable bonds is 7. The fraction of sp³-hybridized carbons (Fsp3) is 0.778. The van der Waals surface area contributed by atoms with Crippen LogP contribution in [0.25, 0.3) is 0 Å². The van der Waals surface area contributed by atoms with E-state index in [4.69, 9.17) is 16.0 Å². The van der Waals surface area contributed by atoms with Gasteiger partial charge >= 0.3 is 6.01 Å². The molecule has 0 aliphatic carbocycles. The van der Waals surface area contributed by atoms with Crippen LogP contribution in [0.1, 0.15) is 26.2 Å². The van der Waals surface area contributed by atoms with Crippen LogP contribution in [0, 0.1) is 0 Å². The molecule has 1 unspecified atom stereocenters. The summed E-state index contributed by atoms with van der Waals surface area (Å²) in [5.74, 6) is 3.01. The van der Waals surface area contributed by atoms with E-state index < -0.39 is 0 Å². The summed E-state index contributed by atoms with van der Waals surface area (Å²) in [5, 5.41) is 10.7. The summed E-state index contributed by atoms with van der Waals surface area (Å²) in [7, 11) is 0. The SMILES string of the molecule is CCSCCC(C)Nc1nnc(CCl)o1. The Kier molecular flexibility index (Phi) is 5.86. The molecule has 0 saturated carbocycles. The first-order chi connectivity index (χ1) is 7.26. The predicted molar refractivity (Wildman–Crippen MR) is 64.6 cm³/mol. The Hall–Kier alpha value is -0.420. The van der Waals surface area contributed by atoms with Crippen molar-refractivity contribution in [1.29, 1.82) is 0 Å². The topological polar surface area (TPSA) is 51.0 Å². The third-order valence-electron chi connectivity index (χ3n) is 1.85. The number of nitrogens with zero attached hydrogens (tertiary/aromatic N) is 2. The van der Waals surface area contributed by atoms with Gasteiger partial charge in [0, 0.05) is 6.04 Å². The second-order valence-electron chi connectivity index (χ2n) is 3.17. The van der Waals surface area contributed by atoms with E-state index in [2.05, 4.69) is 29.4 Å². The molecule has 1 N–H and O–H groups in total. The van der Waals surface area contributed by atoms with Crippen LogP contribution in [0.2, 0.25) is 0 Å². The third-order valence-corrected chi connectivity index (χ3v) is 3.01. The van der Waals surface area contributed by atoms with Crippen molar-refractivity contribution < 1.29 is 4.42 Å². The number of alkyl halides is 1. The van der Waals surface area contributed by atoms with Crippen molar-refractivity contribution in [3.8, 4) is 0 Å². The molecule has 0 aromatic carbocycles. The number of hydrogen-bond donors (Lipinski definition) is 1. The van der Waals surface area contributed by atoms with E-state index in [1.165, 1.54) is 0 Å². The van der Waals surface area contributed by atoms with Crippen molar-refractivity contribution in [2.75, 3.05) is 16.8 Å². The molecule has 86 valence electrons. The molecule has 0 bridgehead atoms. The normalized spacial score (nSPS) is 12.7. The third kappa shape index (κ3) is 4.75. The van der Waals surface area contributed by atoms with Gasteiger partial charge in [0.25, 0.3) is 0 Å². The first-order valence-electron chi connectivity index (χ1n) is 4.99. The van der Waals surface area contributed by atoms with Gasteiger partial charge in [-0.25, -0.2) is 0 Å². The lowest BCUT2D eigenvalue weighted by Gasteiger charge is -2.10. The van der Waals surface area contributed by atoms with Gasteiger partial charge in [0.1, 0.15) is 5.88 Å². The predicted octanol–water partition coefficient (Wildman–Crippen LogP) is 2.75. The van der Waals surface area contributed by atoms with Crippen molar-refractivity contribution in [2.24, 2.45) is 0 Å². The molecule has 1 aromatic heterocycles. The molecule has 1 rings (SSSR count). The van der Waals surface area contributed by atoms with E-state index in [9.17, 15) is 0 Å². The Bertz CT molecular complexity index is 282. The lowest BCUT2D eigenvalue weighted by atomic mass is 10.3. The van der Waals surface area contributed by atoms with Crippen LogP contribution in [0.4, 0.5) is 6.01 Å². The average molecular weight is 250 g/mol. The summed E-state index contributed by atoms with van der Waals surface area (Å²) in [6, 6.07) is 0.798. The quantitative estimate of drug-likeness (QED) is 0.595. The summed E-state index contributed by atoms with van der Waals surface area (Å²) < 4.78 is 5.24. The van der Waals surface area contributed by atoms with Gasteiger partial charge < -0.3 is 9.73 Å². The van der Waals surface area contributed by atoms with Crippen LogP contribution in [0.15, 0.2) is 4.42 Å². The molecule has 15 heavy (non-hydrogen) atoms. The lowest BCUT2D eigenvalue weighted by Crippen LogP contribution is -2.16. The van der Waals surface area contributed by atoms with E-state index in [1.807, 2.05) is 11.8 Å². The summed E-state index contributed by atoms with van der Waals surface area (Å²) in [5.41, 5.74) is 0. The zero-order valence-corrected chi connectivity index (χ0v) is 10.6. The molecule has 1 aromatic rings. The van der Waals surface area contributed by atoms with Crippen LogP contribution in [-0.4, -0.2) is 27.7 Å². The van der Waals surface area contributed by atoms with Crippen LogP contribution in [0.5, 0.6) is 0 Å². The first kappa shape index (κ1) is 12.6. The molecular weight excluding hydrogens is 234 g/mol. The van der Waals surface area contributed by atoms with E-state index in [0.29, 0.717) is 17.9 Å². The molecule has 6 heteroatoms. The molecule has 1 atom stereocenters. The maximum atomic E-state index is 5.55. The fourth-order valence-electron chi connectivity index (χ4n) is 1.05. The summed E-state index contributed by atoms with van der Waals surface area (Å²) >= 11 is 7.48. The standard InChI is InChI=1S/C9H16ClN3OS/c1-3-15-5-4-7(2)11-9-13-12-8(6-10)14-9/h7H,3-6H2,1-2H3,(H,11,13). The first-order valence-corrected chi connectivity index (χ1v) is 6.67. The van der Waals surface area contributed by atoms with Crippen molar-refractivity contribution in [3.05, 3.63) is 5.89 Å². The Morgan fingerprint density at radius 2 is 2.33 bits per heavy atom. The molecular formula is C9H16ClN3OS. The molecule has 1 heterocycles. The molecule has 0 saturated heterocycles. The van der Waals surface area contributed by atoms with Crippen LogP contribution < -0.4 is 5.32 Å². The number of hydrogen-bond acceptors (Lipinski definition) is 5. The molecule has 0 aliphatic heterocycles.